The predicted molar refractivity (Wildman–Crippen MR) is 65.6 cm³/mol. The molecule has 0 spiro atoms. The van der Waals surface area contributed by atoms with Gasteiger partial charge in [-0.3, -0.25) is 9.78 Å². The Morgan fingerprint density at radius 3 is 2.83 bits per heavy atom. The number of hydrogen-bond acceptors (Lipinski definition) is 4. The fourth-order valence-corrected chi connectivity index (χ4v) is 1.99. The van der Waals surface area contributed by atoms with E-state index in [9.17, 15) is 4.79 Å². The third-order valence-electron chi connectivity index (χ3n) is 3.17. The summed E-state index contributed by atoms with van der Waals surface area (Å²) in [6.07, 6.45) is 8.62. The smallest absolute Gasteiger partial charge is 0.184 e. The van der Waals surface area contributed by atoms with Crippen LogP contribution in [0, 0.1) is 5.92 Å². The fraction of sp³-hybridized carbons (Fsp3) is 0.429. The maximum absolute atomic E-state index is 11.6. The minimum atomic E-state index is -0.330. The van der Waals surface area contributed by atoms with E-state index in [1.54, 1.807) is 18.5 Å². The summed E-state index contributed by atoms with van der Waals surface area (Å²) >= 11 is 0. The molecule has 4 heteroatoms. The van der Waals surface area contributed by atoms with Gasteiger partial charge in [0.15, 0.2) is 12.1 Å². The van der Waals surface area contributed by atoms with Crippen LogP contribution < -0.4 is 0 Å². The molecule has 0 aromatic carbocycles. The van der Waals surface area contributed by atoms with Gasteiger partial charge in [-0.25, -0.2) is 0 Å². The zero-order valence-electron chi connectivity index (χ0n) is 10.0. The summed E-state index contributed by atoms with van der Waals surface area (Å²) in [5.41, 5.74) is 1.82. The second-order valence-electron chi connectivity index (χ2n) is 4.59. The van der Waals surface area contributed by atoms with E-state index in [0.29, 0.717) is 13.2 Å². The van der Waals surface area contributed by atoms with Gasteiger partial charge in [-0.2, -0.15) is 0 Å². The topological polar surface area (TPSA) is 48.4 Å². The SMILES string of the molecule is O=C(/C=C/c1cnccc1C1OCCO1)C1CC1. The highest BCUT2D eigenvalue weighted by Crippen LogP contribution is 2.31. The van der Waals surface area contributed by atoms with Crippen molar-refractivity contribution >= 4 is 11.9 Å². The van der Waals surface area contributed by atoms with Crippen LogP contribution in [0.2, 0.25) is 0 Å². The number of allylic oxidation sites excluding steroid dienone is 1. The van der Waals surface area contributed by atoms with Crippen LogP contribution in [0.15, 0.2) is 24.5 Å². The van der Waals surface area contributed by atoms with Crippen LogP contribution in [0.5, 0.6) is 0 Å². The summed E-state index contributed by atoms with van der Waals surface area (Å²) in [5, 5.41) is 0. The Labute approximate surface area is 106 Å². The van der Waals surface area contributed by atoms with E-state index in [0.717, 1.165) is 24.0 Å². The Morgan fingerprint density at radius 1 is 1.33 bits per heavy atom. The van der Waals surface area contributed by atoms with Crippen molar-refractivity contribution in [3.8, 4) is 0 Å². The quantitative estimate of drug-likeness (QED) is 0.762. The Balaban J connectivity index is 1.79. The molecule has 0 bridgehead atoms. The minimum absolute atomic E-state index is 0.207. The van der Waals surface area contributed by atoms with E-state index >= 15 is 0 Å². The van der Waals surface area contributed by atoms with Crippen LogP contribution in [0.25, 0.3) is 6.08 Å². The molecule has 1 aliphatic heterocycles. The van der Waals surface area contributed by atoms with E-state index < -0.39 is 0 Å². The first kappa shape index (κ1) is 11.6. The van der Waals surface area contributed by atoms with Gasteiger partial charge >= 0.3 is 0 Å². The predicted octanol–water partition coefficient (Wildman–Crippen LogP) is 2.12. The highest BCUT2D eigenvalue weighted by molar-refractivity contribution is 5.96. The molecule has 1 aromatic rings. The van der Waals surface area contributed by atoms with Gasteiger partial charge in [-0.05, 0) is 31.1 Å². The molecule has 1 aliphatic carbocycles. The molecule has 0 atom stereocenters. The first-order chi connectivity index (χ1) is 8.84. The Hall–Kier alpha value is -1.52. The Morgan fingerprint density at radius 2 is 2.11 bits per heavy atom. The first-order valence-corrected chi connectivity index (χ1v) is 6.23. The van der Waals surface area contributed by atoms with Gasteiger partial charge in [0.2, 0.25) is 0 Å². The lowest BCUT2D eigenvalue weighted by atomic mass is 10.1. The molecule has 18 heavy (non-hydrogen) atoms. The summed E-state index contributed by atoms with van der Waals surface area (Å²) in [4.78, 5) is 15.7. The Kier molecular flexibility index (Phi) is 3.21. The lowest BCUT2D eigenvalue weighted by Crippen LogP contribution is -2.01. The first-order valence-electron chi connectivity index (χ1n) is 6.23. The van der Waals surface area contributed by atoms with E-state index in [2.05, 4.69) is 4.98 Å². The number of hydrogen-bond donors (Lipinski definition) is 0. The summed E-state index contributed by atoms with van der Waals surface area (Å²) in [7, 11) is 0. The van der Waals surface area contributed by atoms with Crippen molar-refractivity contribution in [3.05, 3.63) is 35.7 Å². The van der Waals surface area contributed by atoms with Crippen molar-refractivity contribution < 1.29 is 14.3 Å². The van der Waals surface area contributed by atoms with Gasteiger partial charge in [0, 0.05) is 29.4 Å². The molecule has 94 valence electrons. The summed E-state index contributed by atoms with van der Waals surface area (Å²) in [6.45, 7) is 1.22. The molecule has 0 unspecified atom stereocenters. The molecule has 0 radical (unpaired) electrons. The van der Waals surface area contributed by atoms with Gasteiger partial charge in [0.05, 0.1) is 13.2 Å². The lowest BCUT2D eigenvalue weighted by molar-refractivity contribution is -0.115. The lowest BCUT2D eigenvalue weighted by Gasteiger charge is -2.11. The van der Waals surface area contributed by atoms with Crippen LogP contribution in [-0.2, 0) is 14.3 Å². The normalized spacial score (nSPS) is 20.7. The third kappa shape index (κ3) is 2.49. The number of aromatic nitrogens is 1. The summed E-state index contributed by atoms with van der Waals surface area (Å²) in [6, 6.07) is 1.87. The summed E-state index contributed by atoms with van der Waals surface area (Å²) in [5.74, 6) is 0.457. The maximum Gasteiger partial charge on any atom is 0.184 e. The molecule has 1 aromatic heterocycles. The number of rotatable bonds is 4. The Bertz CT molecular complexity index is 474. The molecule has 2 heterocycles. The second kappa shape index (κ2) is 5.00. The number of carbonyl (C=O) groups excluding carboxylic acids is 1. The molecule has 2 fully saturated rings. The van der Waals surface area contributed by atoms with Crippen LogP contribution in [0.4, 0.5) is 0 Å². The van der Waals surface area contributed by atoms with Gasteiger partial charge < -0.3 is 9.47 Å². The molecule has 1 saturated heterocycles. The second-order valence-corrected chi connectivity index (χ2v) is 4.59. The van der Waals surface area contributed by atoms with Crippen LogP contribution in [-0.4, -0.2) is 24.0 Å². The standard InChI is InChI=1S/C14H15NO3/c16-13(10-1-2-10)4-3-11-9-15-6-5-12(11)14-17-7-8-18-14/h3-6,9-10,14H,1-2,7-8H2/b4-3+. The zero-order chi connectivity index (χ0) is 12.4. The third-order valence-corrected chi connectivity index (χ3v) is 3.17. The average Bonchev–Trinajstić information content (AvgIpc) is 3.12. The van der Waals surface area contributed by atoms with Gasteiger partial charge in [-0.15, -0.1) is 0 Å². The van der Waals surface area contributed by atoms with Crippen molar-refractivity contribution in [2.45, 2.75) is 19.1 Å². The van der Waals surface area contributed by atoms with Crippen molar-refractivity contribution in [1.82, 2.24) is 4.98 Å². The van der Waals surface area contributed by atoms with Gasteiger partial charge in [0.1, 0.15) is 0 Å². The fourth-order valence-electron chi connectivity index (χ4n) is 1.99. The molecule has 4 nitrogen and oxygen atoms in total. The average molecular weight is 245 g/mol. The van der Waals surface area contributed by atoms with Crippen molar-refractivity contribution in [3.63, 3.8) is 0 Å². The molecule has 0 N–H and O–H groups in total. The van der Waals surface area contributed by atoms with Crippen LogP contribution in [0.3, 0.4) is 0 Å². The molecular weight excluding hydrogens is 230 g/mol. The summed E-state index contributed by atoms with van der Waals surface area (Å²) < 4.78 is 11.0. The number of ether oxygens (including phenoxy) is 2. The van der Waals surface area contributed by atoms with Crippen molar-refractivity contribution in [2.75, 3.05) is 13.2 Å². The van der Waals surface area contributed by atoms with Crippen molar-refractivity contribution in [2.24, 2.45) is 5.92 Å². The molecule has 1 saturated carbocycles. The largest absolute Gasteiger partial charge is 0.346 e. The highest BCUT2D eigenvalue weighted by Gasteiger charge is 2.27. The van der Waals surface area contributed by atoms with E-state index in [-0.39, 0.29) is 18.0 Å². The number of nitrogens with zero attached hydrogens (tertiary/aromatic N) is 1. The molecule has 2 aliphatic rings. The zero-order valence-corrected chi connectivity index (χ0v) is 10.0. The molecule has 0 amide bonds. The van der Waals surface area contributed by atoms with E-state index in [4.69, 9.17) is 9.47 Å². The van der Waals surface area contributed by atoms with Gasteiger partial charge in [-0.1, -0.05) is 0 Å². The van der Waals surface area contributed by atoms with Crippen molar-refractivity contribution in [1.29, 1.82) is 0 Å². The number of pyridine rings is 1. The highest BCUT2D eigenvalue weighted by atomic mass is 16.7. The van der Waals surface area contributed by atoms with Crippen LogP contribution in [0.1, 0.15) is 30.3 Å². The van der Waals surface area contributed by atoms with Gasteiger partial charge in [0.25, 0.3) is 0 Å². The molecular formula is C14H15NO3. The monoisotopic (exact) mass is 245 g/mol. The van der Waals surface area contributed by atoms with E-state index in [1.165, 1.54) is 0 Å². The number of ketones is 1. The van der Waals surface area contributed by atoms with E-state index in [1.807, 2.05) is 12.1 Å². The maximum atomic E-state index is 11.6. The minimum Gasteiger partial charge on any atom is -0.346 e. The molecule has 3 rings (SSSR count). The van der Waals surface area contributed by atoms with Crippen LogP contribution >= 0.6 is 0 Å². The number of carbonyl (C=O) groups is 1.